The maximum atomic E-state index is 12.8. The highest BCUT2D eigenvalue weighted by molar-refractivity contribution is 7.98. The van der Waals surface area contributed by atoms with Crippen molar-refractivity contribution in [1.29, 1.82) is 0 Å². The molecule has 0 heterocycles. The van der Waals surface area contributed by atoms with Crippen LogP contribution in [-0.4, -0.2) is 20.1 Å². The van der Waals surface area contributed by atoms with E-state index in [0.29, 0.717) is 17.1 Å². The molecule has 31 heavy (non-hydrogen) atoms. The van der Waals surface area contributed by atoms with Crippen molar-refractivity contribution in [2.75, 3.05) is 14.2 Å². The minimum Gasteiger partial charge on any atom is -0.493 e. The Labute approximate surface area is 189 Å². The van der Waals surface area contributed by atoms with Crippen LogP contribution in [-0.2, 0) is 5.75 Å². The molecule has 5 heteroatoms. The van der Waals surface area contributed by atoms with Crippen LogP contribution in [0.15, 0.2) is 71.6 Å². The van der Waals surface area contributed by atoms with E-state index in [4.69, 9.17) is 9.47 Å². The highest BCUT2D eigenvalue weighted by Gasteiger charge is 2.16. The van der Waals surface area contributed by atoms with Crippen LogP contribution in [0, 0.1) is 6.92 Å². The fourth-order valence-electron chi connectivity index (χ4n) is 3.29. The van der Waals surface area contributed by atoms with Gasteiger partial charge >= 0.3 is 0 Å². The molecule has 162 valence electrons. The number of hydrogen-bond acceptors (Lipinski definition) is 4. The highest BCUT2D eigenvalue weighted by Crippen LogP contribution is 2.31. The molecule has 0 aliphatic carbocycles. The molecule has 0 fully saturated rings. The second kappa shape index (κ2) is 10.9. The lowest BCUT2D eigenvalue weighted by Gasteiger charge is -2.19. The summed E-state index contributed by atoms with van der Waals surface area (Å²) in [5.41, 5.74) is 4.09. The van der Waals surface area contributed by atoms with Gasteiger partial charge in [0.2, 0.25) is 0 Å². The molecule has 3 aromatic carbocycles. The van der Waals surface area contributed by atoms with Crippen LogP contribution < -0.4 is 14.8 Å². The standard InChI is InChI=1S/C26H29NO3S/c1-5-23(21-12-15-24(29-3)25(16-21)30-4)27-26(28)20-10-8-19(9-11-20)17-31-22-13-6-18(2)7-14-22/h6-16,23H,5,17H2,1-4H3,(H,27,28)/t23-/m0/s1. The molecule has 0 bridgehead atoms. The fraction of sp³-hybridized carbons (Fsp3) is 0.269. The number of ether oxygens (including phenoxy) is 2. The lowest BCUT2D eigenvalue weighted by atomic mass is 10.0. The van der Waals surface area contributed by atoms with Crippen molar-refractivity contribution in [2.45, 2.75) is 37.0 Å². The first kappa shape index (κ1) is 22.8. The van der Waals surface area contributed by atoms with Gasteiger partial charge in [0, 0.05) is 16.2 Å². The summed E-state index contributed by atoms with van der Waals surface area (Å²) in [7, 11) is 3.22. The third-order valence-electron chi connectivity index (χ3n) is 5.17. The zero-order valence-electron chi connectivity index (χ0n) is 18.5. The van der Waals surface area contributed by atoms with E-state index in [1.165, 1.54) is 16.0 Å². The molecular formula is C26H29NO3S. The Bertz CT molecular complexity index is 1000. The first-order valence-corrected chi connectivity index (χ1v) is 11.3. The third-order valence-corrected chi connectivity index (χ3v) is 6.25. The molecule has 3 rings (SSSR count). The van der Waals surface area contributed by atoms with E-state index < -0.39 is 0 Å². The van der Waals surface area contributed by atoms with Gasteiger partial charge in [0.25, 0.3) is 5.91 Å². The van der Waals surface area contributed by atoms with Crippen molar-refractivity contribution in [2.24, 2.45) is 0 Å². The number of methoxy groups -OCH3 is 2. The molecule has 1 N–H and O–H groups in total. The Kier molecular flexibility index (Phi) is 8.01. The summed E-state index contributed by atoms with van der Waals surface area (Å²) in [5, 5.41) is 3.13. The third kappa shape index (κ3) is 6.05. The smallest absolute Gasteiger partial charge is 0.251 e. The molecule has 1 amide bonds. The van der Waals surface area contributed by atoms with Gasteiger partial charge < -0.3 is 14.8 Å². The molecule has 0 aliphatic heterocycles. The zero-order valence-corrected chi connectivity index (χ0v) is 19.3. The van der Waals surface area contributed by atoms with E-state index in [1.54, 1.807) is 26.0 Å². The van der Waals surface area contributed by atoms with Gasteiger partial charge in [-0.2, -0.15) is 0 Å². The van der Waals surface area contributed by atoms with Crippen LogP contribution in [0.25, 0.3) is 0 Å². The van der Waals surface area contributed by atoms with Crippen molar-refractivity contribution < 1.29 is 14.3 Å². The van der Waals surface area contributed by atoms with E-state index in [-0.39, 0.29) is 11.9 Å². The molecular weight excluding hydrogens is 406 g/mol. The Morgan fingerprint density at radius 2 is 1.61 bits per heavy atom. The lowest BCUT2D eigenvalue weighted by molar-refractivity contribution is 0.0935. The van der Waals surface area contributed by atoms with E-state index in [9.17, 15) is 4.79 Å². The van der Waals surface area contributed by atoms with Crippen LogP contribution in [0.1, 0.15) is 46.4 Å². The normalized spacial score (nSPS) is 11.6. The number of rotatable bonds is 9. The van der Waals surface area contributed by atoms with E-state index in [2.05, 4.69) is 36.5 Å². The van der Waals surface area contributed by atoms with E-state index in [1.807, 2.05) is 49.4 Å². The van der Waals surface area contributed by atoms with Crippen LogP contribution in [0.3, 0.4) is 0 Å². The number of carbonyl (C=O) groups is 1. The molecule has 0 unspecified atom stereocenters. The summed E-state index contributed by atoms with van der Waals surface area (Å²) in [6, 6.07) is 22.0. The molecule has 0 aromatic heterocycles. The van der Waals surface area contributed by atoms with Crippen molar-refractivity contribution in [3.63, 3.8) is 0 Å². The van der Waals surface area contributed by atoms with Crippen LogP contribution in [0.4, 0.5) is 0 Å². The molecule has 0 spiro atoms. The predicted molar refractivity (Wildman–Crippen MR) is 127 cm³/mol. The lowest BCUT2D eigenvalue weighted by Crippen LogP contribution is -2.28. The second-order valence-corrected chi connectivity index (χ2v) is 8.40. The topological polar surface area (TPSA) is 47.6 Å². The number of aryl methyl sites for hydroxylation is 1. The molecule has 4 nitrogen and oxygen atoms in total. The van der Waals surface area contributed by atoms with Crippen molar-refractivity contribution in [3.05, 3.63) is 89.0 Å². The zero-order chi connectivity index (χ0) is 22.2. The summed E-state index contributed by atoms with van der Waals surface area (Å²) in [4.78, 5) is 14.1. The van der Waals surface area contributed by atoms with Crippen molar-refractivity contribution in [3.8, 4) is 11.5 Å². The van der Waals surface area contributed by atoms with Gasteiger partial charge in [-0.15, -0.1) is 11.8 Å². The van der Waals surface area contributed by atoms with E-state index in [0.717, 1.165) is 17.7 Å². The second-order valence-electron chi connectivity index (χ2n) is 7.35. The van der Waals surface area contributed by atoms with Gasteiger partial charge in [-0.05, 0) is 60.9 Å². The molecule has 0 saturated carbocycles. The van der Waals surface area contributed by atoms with Gasteiger partial charge in [0.05, 0.1) is 20.3 Å². The van der Waals surface area contributed by atoms with Gasteiger partial charge in [-0.3, -0.25) is 4.79 Å². The Morgan fingerprint density at radius 3 is 2.23 bits per heavy atom. The Hall–Kier alpha value is -2.92. The maximum Gasteiger partial charge on any atom is 0.251 e. The number of thioether (sulfide) groups is 1. The summed E-state index contributed by atoms with van der Waals surface area (Å²) in [6.07, 6.45) is 0.770. The first-order chi connectivity index (χ1) is 15.0. The summed E-state index contributed by atoms with van der Waals surface area (Å²) in [5.74, 6) is 2.11. The summed E-state index contributed by atoms with van der Waals surface area (Å²) in [6.45, 7) is 4.14. The molecule has 0 aliphatic rings. The number of amides is 1. The summed E-state index contributed by atoms with van der Waals surface area (Å²) >= 11 is 1.79. The predicted octanol–water partition coefficient (Wildman–Crippen LogP) is 6.19. The SMILES string of the molecule is CC[C@H](NC(=O)c1ccc(CSc2ccc(C)cc2)cc1)c1ccc(OC)c(OC)c1. The summed E-state index contributed by atoms with van der Waals surface area (Å²) < 4.78 is 10.7. The number of nitrogens with one attached hydrogen (secondary N) is 1. The van der Waals surface area contributed by atoms with Gasteiger partial charge in [0.1, 0.15) is 0 Å². The van der Waals surface area contributed by atoms with Crippen molar-refractivity contribution in [1.82, 2.24) is 5.32 Å². The van der Waals surface area contributed by atoms with Gasteiger partial charge in [-0.1, -0.05) is 42.8 Å². The van der Waals surface area contributed by atoms with Gasteiger partial charge in [-0.25, -0.2) is 0 Å². The number of carbonyl (C=O) groups excluding carboxylic acids is 1. The van der Waals surface area contributed by atoms with E-state index >= 15 is 0 Å². The molecule has 3 aromatic rings. The largest absolute Gasteiger partial charge is 0.493 e. The Balaban J connectivity index is 1.63. The molecule has 1 atom stereocenters. The highest BCUT2D eigenvalue weighted by atomic mass is 32.2. The molecule has 0 saturated heterocycles. The maximum absolute atomic E-state index is 12.8. The number of benzene rings is 3. The molecule has 0 radical (unpaired) electrons. The fourth-order valence-corrected chi connectivity index (χ4v) is 4.14. The van der Waals surface area contributed by atoms with Crippen LogP contribution >= 0.6 is 11.8 Å². The monoisotopic (exact) mass is 435 g/mol. The average Bonchev–Trinajstić information content (AvgIpc) is 2.81. The average molecular weight is 436 g/mol. The Morgan fingerprint density at radius 1 is 0.935 bits per heavy atom. The van der Waals surface area contributed by atoms with Gasteiger partial charge in [0.15, 0.2) is 11.5 Å². The first-order valence-electron chi connectivity index (χ1n) is 10.3. The quantitative estimate of drug-likeness (QED) is 0.407. The number of hydrogen-bond donors (Lipinski definition) is 1. The van der Waals surface area contributed by atoms with Crippen LogP contribution in [0.2, 0.25) is 0 Å². The minimum atomic E-state index is -0.107. The van der Waals surface area contributed by atoms with Crippen LogP contribution in [0.5, 0.6) is 11.5 Å². The van der Waals surface area contributed by atoms with Crippen molar-refractivity contribution >= 4 is 17.7 Å². The minimum absolute atomic E-state index is 0.0839.